The number of halogens is 1. The first-order valence-corrected chi connectivity index (χ1v) is 9.68. The van der Waals surface area contributed by atoms with Crippen LogP contribution in [0, 0.1) is 11.3 Å². The van der Waals surface area contributed by atoms with Crippen LogP contribution in [-0.2, 0) is 6.61 Å². The molecule has 0 aromatic heterocycles. The van der Waals surface area contributed by atoms with Crippen molar-refractivity contribution in [3.05, 3.63) is 113 Å². The van der Waals surface area contributed by atoms with Crippen molar-refractivity contribution >= 4 is 34.0 Å². The molecule has 4 aromatic carbocycles. The van der Waals surface area contributed by atoms with Crippen LogP contribution in [0.1, 0.15) is 16.7 Å². The monoisotopic (exact) mass is 395 g/mol. The number of fused-ring (bicyclic) bond motifs is 1. The van der Waals surface area contributed by atoms with Gasteiger partial charge in [0.25, 0.3) is 0 Å². The van der Waals surface area contributed by atoms with Crippen LogP contribution < -0.4 is 4.74 Å². The van der Waals surface area contributed by atoms with Gasteiger partial charge in [0.2, 0.25) is 0 Å². The van der Waals surface area contributed by atoms with Gasteiger partial charge in [0.1, 0.15) is 12.4 Å². The van der Waals surface area contributed by atoms with Crippen molar-refractivity contribution in [2.24, 2.45) is 0 Å². The van der Waals surface area contributed by atoms with Gasteiger partial charge < -0.3 is 4.74 Å². The zero-order chi connectivity index (χ0) is 20.1. The zero-order valence-electron chi connectivity index (χ0n) is 15.7. The normalized spacial score (nSPS) is 11.2. The number of ether oxygens (including phenoxy) is 1. The van der Waals surface area contributed by atoms with Crippen LogP contribution >= 0.6 is 11.6 Å². The highest BCUT2D eigenvalue weighted by Gasteiger charge is 2.06. The molecule has 0 saturated heterocycles. The molecule has 0 N–H and O–H groups in total. The van der Waals surface area contributed by atoms with Crippen molar-refractivity contribution < 1.29 is 4.74 Å². The fraction of sp³-hybridized carbons (Fsp3) is 0.0385. The van der Waals surface area contributed by atoms with Gasteiger partial charge in [-0.1, -0.05) is 84.4 Å². The molecule has 0 atom stereocenters. The van der Waals surface area contributed by atoms with E-state index in [4.69, 9.17) is 16.3 Å². The topological polar surface area (TPSA) is 33.0 Å². The lowest BCUT2D eigenvalue weighted by atomic mass is 10.0. The second-order valence-electron chi connectivity index (χ2n) is 6.65. The van der Waals surface area contributed by atoms with Crippen molar-refractivity contribution in [1.82, 2.24) is 0 Å². The lowest BCUT2D eigenvalue weighted by Crippen LogP contribution is -1.96. The van der Waals surface area contributed by atoms with Crippen LogP contribution in [-0.4, -0.2) is 0 Å². The summed E-state index contributed by atoms with van der Waals surface area (Å²) in [5, 5.41) is 12.5. The molecule has 0 aliphatic rings. The largest absolute Gasteiger partial charge is 0.489 e. The molecular formula is C26H18ClNO. The number of allylic oxidation sites excluding steroid dienone is 1. The van der Waals surface area contributed by atoms with Crippen molar-refractivity contribution in [3.63, 3.8) is 0 Å². The van der Waals surface area contributed by atoms with Crippen LogP contribution in [0.2, 0.25) is 5.02 Å². The van der Waals surface area contributed by atoms with Crippen LogP contribution in [0.4, 0.5) is 0 Å². The van der Waals surface area contributed by atoms with Gasteiger partial charge in [0.15, 0.2) is 0 Å². The SMILES string of the molecule is N#CC(=Cc1ccc(OCc2cccc3ccccc23)cc1)c1ccccc1Cl. The van der Waals surface area contributed by atoms with E-state index in [0.29, 0.717) is 17.2 Å². The van der Waals surface area contributed by atoms with Gasteiger partial charge in [0, 0.05) is 10.6 Å². The Morgan fingerprint density at radius 1 is 0.862 bits per heavy atom. The number of benzene rings is 4. The Morgan fingerprint density at radius 3 is 2.38 bits per heavy atom. The van der Waals surface area contributed by atoms with Gasteiger partial charge in [-0.2, -0.15) is 5.26 Å². The molecular weight excluding hydrogens is 378 g/mol. The molecule has 0 fully saturated rings. The first-order valence-electron chi connectivity index (χ1n) is 9.31. The standard InChI is InChI=1S/C26H18ClNO/c27-26-11-4-3-10-25(26)22(17-28)16-19-12-14-23(15-13-19)29-18-21-8-5-7-20-6-1-2-9-24(20)21/h1-16H,18H2. The van der Waals surface area contributed by atoms with Gasteiger partial charge in [-0.15, -0.1) is 0 Å². The smallest absolute Gasteiger partial charge is 0.119 e. The van der Waals surface area contributed by atoms with Crippen LogP contribution in [0.3, 0.4) is 0 Å². The Kier molecular flexibility index (Phi) is 5.61. The third kappa shape index (κ3) is 4.32. The summed E-state index contributed by atoms with van der Waals surface area (Å²) < 4.78 is 5.98. The number of hydrogen-bond acceptors (Lipinski definition) is 2. The molecule has 4 rings (SSSR count). The second kappa shape index (κ2) is 8.65. The maximum Gasteiger partial charge on any atom is 0.119 e. The maximum absolute atomic E-state index is 9.52. The summed E-state index contributed by atoms with van der Waals surface area (Å²) in [5.41, 5.74) is 3.32. The van der Waals surface area contributed by atoms with Gasteiger partial charge in [-0.05, 0) is 46.2 Å². The Balaban J connectivity index is 1.51. The van der Waals surface area contributed by atoms with Crippen LogP contribution in [0.25, 0.3) is 22.4 Å². The minimum absolute atomic E-state index is 0.500. The van der Waals surface area contributed by atoms with Gasteiger partial charge in [-0.3, -0.25) is 0 Å². The number of rotatable bonds is 5. The fourth-order valence-corrected chi connectivity index (χ4v) is 3.49. The predicted octanol–water partition coefficient (Wildman–Crippen LogP) is 7.14. The molecule has 0 spiro atoms. The average Bonchev–Trinajstić information content (AvgIpc) is 2.77. The van der Waals surface area contributed by atoms with Gasteiger partial charge in [0.05, 0.1) is 11.6 Å². The second-order valence-corrected chi connectivity index (χ2v) is 7.05. The molecule has 0 bridgehead atoms. The highest BCUT2D eigenvalue weighted by Crippen LogP contribution is 2.26. The van der Waals surface area contributed by atoms with Crippen molar-refractivity contribution in [3.8, 4) is 11.8 Å². The summed E-state index contributed by atoms with van der Waals surface area (Å²) in [6.07, 6.45) is 1.83. The molecule has 0 aliphatic carbocycles. The first-order chi connectivity index (χ1) is 14.2. The summed E-state index contributed by atoms with van der Waals surface area (Å²) in [6.45, 7) is 0.500. The van der Waals surface area contributed by atoms with Crippen LogP contribution in [0.5, 0.6) is 5.75 Å². The van der Waals surface area contributed by atoms with E-state index in [1.54, 1.807) is 6.07 Å². The third-order valence-electron chi connectivity index (χ3n) is 4.75. The molecule has 4 aromatic rings. The fourth-order valence-electron chi connectivity index (χ4n) is 3.26. The molecule has 0 radical (unpaired) electrons. The Morgan fingerprint density at radius 2 is 1.59 bits per heavy atom. The lowest BCUT2D eigenvalue weighted by molar-refractivity contribution is 0.307. The molecule has 29 heavy (non-hydrogen) atoms. The molecule has 2 nitrogen and oxygen atoms in total. The number of hydrogen-bond donors (Lipinski definition) is 0. The Bertz CT molecular complexity index is 1210. The Labute approximate surface area is 175 Å². The van der Waals surface area contributed by atoms with Crippen LogP contribution in [0.15, 0.2) is 91.0 Å². The van der Waals surface area contributed by atoms with Gasteiger partial charge >= 0.3 is 0 Å². The zero-order valence-corrected chi connectivity index (χ0v) is 16.4. The van der Waals surface area contributed by atoms with E-state index in [1.165, 1.54) is 10.8 Å². The predicted molar refractivity (Wildman–Crippen MR) is 120 cm³/mol. The first kappa shape index (κ1) is 18.8. The van der Waals surface area contributed by atoms with Crippen molar-refractivity contribution in [2.75, 3.05) is 0 Å². The van der Waals surface area contributed by atoms with E-state index in [-0.39, 0.29) is 0 Å². The minimum atomic E-state index is 0.500. The van der Waals surface area contributed by atoms with Crippen molar-refractivity contribution in [1.29, 1.82) is 5.26 Å². The van der Waals surface area contributed by atoms with E-state index in [0.717, 1.165) is 22.4 Å². The van der Waals surface area contributed by atoms with Gasteiger partial charge in [-0.25, -0.2) is 0 Å². The summed E-state index contributed by atoms with van der Waals surface area (Å²) in [5.74, 6) is 0.784. The summed E-state index contributed by atoms with van der Waals surface area (Å²) >= 11 is 6.22. The van der Waals surface area contributed by atoms with E-state index in [2.05, 4.69) is 30.3 Å². The molecule has 0 saturated carbocycles. The number of nitriles is 1. The summed E-state index contributed by atoms with van der Waals surface area (Å²) in [7, 11) is 0. The molecule has 0 amide bonds. The van der Waals surface area contributed by atoms with E-state index in [1.807, 2.05) is 66.7 Å². The molecule has 140 valence electrons. The highest BCUT2D eigenvalue weighted by atomic mass is 35.5. The molecule has 0 heterocycles. The average molecular weight is 396 g/mol. The van der Waals surface area contributed by atoms with E-state index < -0.39 is 0 Å². The lowest BCUT2D eigenvalue weighted by Gasteiger charge is -2.09. The third-order valence-corrected chi connectivity index (χ3v) is 5.08. The van der Waals surface area contributed by atoms with E-state index in [9.17, 15) is 5.26 Å². The molecule has 3 heteroatoms. The minimum Gasteiger partial charge on any atom is -0.489 e. The number of nitrogens with zero attached hydrogens (tertiary/aromatic N) is 1. The van der Waals surface area contributed by atoms with Crippen molar-refractivity contribution in [2.45, 2.75) is 6.61 Å². The molecule has 0 unspecified atom stereocenters. The highest BCUT2D eigenvalue weighted by molar-refractivity contribution is 6.32. The summed E-state index contributed by atoms with van der Waals surface area (Å²) in [4.78, 5) is 0. The quantitative estimate of drug-likeness (QED) is 0.266. The maximum atomic E-state index is 9.52. The Hall–Kier alpha value is -3.54. The summed E-state index contributed by atoms with van der Waals surface area (Å²) in [6, 6.07) is 31.8. The molecule has 0 aliphatic heterocycles. The van der Waals surface area contributed by atoms with E-state index >= 15 is 0 Å².